The molecular formula is C13H7ClF6N4. The van der Waals surface area contributed by atoms with Gasteiger partial charge in [0.1, 0.15) is 12.2 Å². The average molecular weight is 369 g/mol. The Hall–Kier alpha value is -2.23. The minimum absolute atomic E-state index is 0.0242. The number of rotatable bonds is 2. The first-order valence-corrected chi connectivity index (χ1v) is 6.77. The van der Waals surface area contributed by atoms with Crippen LogP contribution < -0.4 is 0 Å². The maximum Gasteiger partial charge on any atom is 0.434 e. The molecule has 0 atom stereocenters. The zero-order valence-electron chi connectivity index (χ0n) is 11.5. The molecule has 0 aliphatic carbocycles. The van der Waals surface area contributed by atoms with E-state index in [1.807, 2.05) is 0 Å². The lowest BCUT2D eigenvalue weighted by molar-refractivity contribution is -0.142. The Bertz CT molecular complexity index is 892. The van der Waals surface area contributed by atoms with Gasteiger partial charge in [-0.25, -0.2) is 4.98 Å². The molecule has 0 saturated carbocycles. The molecule has 11 heteroatoms. The summed E-state index contributed by atoms with van der Waals surface area (Å²) < 4.78 is 77.1. The second-order valence-electron chi connectivity index (χ2n) is 4.96. The molecule has 3 rings (SSSR count). The van der Waals surface area contributed by atoms with Gasteiger partial charge in [0.05, 0.1) is 16.7 Å². The van der Waals surface area contributed by atoms with E-state index < -0.39 is 30.3 Å². The summed E-state index contributed by atoms with van der Waals surface area (Å²) >= 11 is 5.99. The summed E-state index contributed by atoms with van der Waals surface area (Å²) in [6, 6.07) is 2.61. The standard InChI is InChI=1S/C13H7ClF6N4/c14-8-2-7(1-6-4-21-23-11(6)8)24-5-9(13(18,19)20)22-10(24)3-12(15,16)17/h1-2,4-5H,3H2,(H,21,23). The first-order chi connectivity index (χ1) is 11.0. The zero-order valence-corrected chi connectivity index (χ0v) is 12.3. The van der Waals surface area contributed by atoms with Gasteiger partial charge in [-0.3, -0.25) is 5.10 Å². The summed E-state index contributed by atoms with van der Waals surface area (Å²) in [7, 11) is 0. The van der Waals surface area contributed by atoms with Crippen molar-refractivity contribution < 1.29 is 26.3 Å². The minimum Gasteiger partial charge on any atom is -0.303 e. The van der Waals surface area contributed by atoms with E-state index in [0.29, 0.717) is 17.1 Å². The van der Waals surface area contributed by atoms with Gasteiger partial charge in [-0.15, -0.1) is 0 Å². The number of hydrogen-bond acceptors (Lipinski definition) is 2. The highest BCUT2D eigenvalue weighted by molar-refractivity contribution is 6.35. The van der Waals surface area contributed by atoms with Crippen LogP contribution in [0.25, 0.3) is 16.6 Å². The SMILES string of the molecule is FC(F)(F)Cc1nc(C(F)(F)F)cn1-c1cc(Cl)c2[nH]ncc2c1. The number of halogens is 7. The van der Waals surface area contributed by atoms with Crippen LogP contribution in [0.4, 0.5) is 26.3 Å². The number of imidazole rings is 1. The largest absolute Gasteiger partial charge is 0.434 e. The highest BCUT2D eigenvalue weighted by atomic mass is 35.5. The topological polar surface area (TPSA) is 46.5 Å². The van der Waals surface area contributed by atoms with Crippen LogP contribution >= 0.6 is 11.6 Å². The van der Waals surface area contributed by atoms with Crippen LogP contribution in [0.5, 0.6) is 0 Å². The Morgan fingerprint density at radius 2 is 1.83 bits per heavy atom. The van der Waals surface area contributed by atoms with Crippen molar-refractivity contribution in [3.63, 3.8) is 0 Å². The third-order valence-corrected chi connectivity index (χ3v) is 3.49. The van der Waals surface area contributed by atoms with E-state index in [-0.39, 0.29) is 10.7 Å². The fourth-order valence-electron chi connectivity index (χ4n) is 2.22. The van der Waals surface area contributed by atoms with Crippen LogP contribution in [-0.4, -0.2) is 25.9 Å². The number of fused-ring (bicyclic) bond motifs is 1. The fraction of sp³-hybridized carbons (Fsp3) is 0.231. The van der Waals surface area contributed by atoms with Gasteiger partial charge in [0.25, 0.3) is 0 Å². The molecule has 2 heterocycles. The predicted octanol–water partition coefficient (Wildman–Crippen LogP) is 4.53. The fourth-order valence-corrected chi connectivity index (χ4v) is 2.48. The smallest absolute Gasteiger partial charge is 0.303 e. The molecule has 128 valence electrons. The summed E-state index contributed by atoms with van der Waals surface area (Å²) in [5.41, 5.74) is -0.963. The molecule has 3 aromatic rings. The quantitative estimate of drug-likeness (QED) is 0.676. The molecule has 24 heavy (non-hydrogen) atoms. The Labute approximate surface area is 135 Å². The van der Waals surface area contributed by atoms with Crippen molar-refractivity contribution in [1.29, 1.82) is 0 Å². The minimum atomic E-state index is -4.87. The molecule has 2 aromatic heterocycles. The molecular weight excluding hydrogens is 362 g/mol. The van der Waals surface area contributed by atoms with Crippen molar-refractivity contribution in [2.75, 3.05) is 0 Å². The van der Waals surface area contributed by atoms with Gasteiger partial charge in [0.2, 0.25) is 0 Å². The molecule has 1 aromatic carbocycles. The van der Waals surface area contributed by atoms with Crippen molar-refractivity contribution in [3.8, 4) is 5.69 Å². The molecule has 0 aliphatic rings. The van der Waals surface area contributed by atoms with Crippen LogP contribution in [0.1, 0.15) is 11.5 Å². The average Bonchev–Trinajstić information content (AvgIpc) is 3.02. The lowest BCUT2D eigenvalue weighted by Crippen LogP contribution is -2.15. The van der Waals surface area contributed by atoms with Gasteiger partial charge < -0.3 is 4.57 Å². The maximum atomic E-state index is 12.8. The van der Waals surface area contributed by atoms with Crippen molar-refractivity contribution in [2.45, 2.75) is 18.8 Å². The second-order valence-corrected chi connectivity index (χ2v) is 5.37. The summed E-state index contributed by atoms with van der Waals surface area (Å²) in [6.45, 7) is 0. The van der Waals surface area contributed by atoms with Gasteiger partial charge in [-0.05, 0) is 12.1 Å². The van der Waals surface area contributed by atoms with Crippen LogP contribution in [0.2, 0.25) is 5.02 Å². The number of alkyl halides is 6. The molecule has 0 fully saturated rings. The normalized spacial score (nSPS) is 13.0. The highest BCUT2D eigenvalue weighted by Gasteiger charge is 2.37. The van der Waals surface area contributed by atoms with E-state index in [2.05, 4.69) is 15.2 Å². The molecule has 0 radical (unpaired) electrons. The molecule has 0 aliphatic heterocycles. The molecule has 0 bridgehead atoms. The van der Waals surface area contributed by atoms with Crippen molar-refractivity contribution >= 4 is 22.5 Å². The van der Waals surface area contributed by atoms with Gasteiger partial charge >= 0.3 is 12.4 Å². The molecule has 0 saturated heterocycles. The molecule has 0 amide bonds. The van der Waals surface area contributed by atoms with Crippen molar-refractivity contribution in [1.82, 2.24) is 19.7 Å². The Morgan fingerprint density at radius 1 is 1.12 bits per heavy atom. The molecule has 4 nitrogen and oxygen atoms in total. The van der Waals surface area contributed by atoms with E-state index >= 15 is 0 Å². The summed E-state index contributed by atoms with van der Waals surface area (Å²) in [5.74, 6) is -0.784. The number of hydrogen-bond donors (Lipinski definition) is 1. The lowest BCUT2D eigenvalue weighted by Gasteiger charge is -2.10. The predicted molar refractivity (Wildman–Crippen MR) is 73.0 cm³/mol. The third kappa shape index (κ3) is 3.18. The Morgan fingerprint density at radius 3 is 2.46 bits per heavy atom. The van der Waals surface area contributed by atoms with E-state index in [1.54, 1.807) is 0 Å². The number of H-pyrrole nitrogens is 1. The van der Waals surface area contributed by atoms with Gasteiger partial charge in [-0.1, -0.05) is 11.6 Å². The van der Waals surface area contributed by atoms with Crippen LogP contribution in [-0.2, 0) is 12.6 Å². The number of aromatic amines is 1. The number of nitrogens with zero attached hydrogens (tertiary/aromatic N) is 3. The Kier molecular flexibility index (Phi) is 3.74. The van der Waals surface area contributed by atoms with Crippen LogP contribution in [0, 0.1) is 0 Å². The van der Waals surface area contributed by atoms with Crippen molar-refractivity contribution in [3.05, 3.63) is 41.1 Å². The van der Waals surface area contributed by atoms with Crippen molar-refractivity contribution in [2.24, 2.45) is 0 Å². The van der Waals surface area contributed by atoms with Crippen LogP contribution in [0.3, 0.4) is 0 Å². The van der Waals surface area contributed by atoms with Gasteiger partial charge in [0.15, 0.2) is 5.69 Å². The lowest BCUT2D eigenvalue weighted by atomic mass is 10.2. The van der Waals surface area contributed by atoms with E-state index in [9.17, 15) is 26.3 Å². The highest BCUT2D eigenvalue weighted by Crippen LogP contribution is 2.33. The summed E-state index contributed by atoms with van der Waals surface area (Å²) in [4.78, 5) is 3.09. The Balaban J connectivity index is 2.18. The number of nitrogens with one attached hydrogen (secondary N) is 1. The molecule has 1 N–H and O–H groups in total. The van der Waals surface area contributed by atoms with Gasteiger partial charge in [-0.2, -0.15) is 31.4 Å². The van der Waals surface area contributed by atoms with Crippen LogP contribution in [0.15, 0.2) is 24.5 Å². The van der Waals surface area contributed by atoms with E-state index in [1.165, 1.54) is 18.3 Å². The zero-order chi connectivity index (χ0) is 17.7. The first kappa shape index (κ1) is 16.6. The second kappa shape index (κ2) is 5.40. The number of benzene rings is 1. The summed E-state index contributed by atoms with van der Waals surface area (Å²) in [5, 5.41) is 6.86. The monoisotopic (exact) mass is 368 g/mol. The van der Waals surface area contributed by atoms with Gasteiger partial charge in [0, 0.05) is 17.3 Å². The maximum absolute atomic E-state index is 12.8. The number of aromatic nitrogens is 4. The third-order valence-electron chi connectivity index (χ3n) is 3.19. The summed E-state index contributed by atoms with van der Waals surface area (Å²) in [6.07, 6.45) is -9.32. The first-order valence-electron chi connectivity index (χ1n) is 6.40. The van der Waals surface area contributed by atoms with E-state index in [0.717, 1.165) is 4.57 Å². The van der Waals surface area contributed by atoms with E-state index in [4.69, 9.17) is 11.6 Å². The molecule has 0 spiro atoms. The molecule has 0 unspecified atom stereocenters.